The lowest BCUT2D eigenvalue weighted by Crippen LogP contribution is -2.25. The monoisotopic (exact) mass is 348 g/mol. The molecule has 1 aliphatic heterocycles. The van der Waals surface area contributed by atoms with Crippen LogP contribution >= 0.6 is 23.4 Å². The van der Waals surface area contributed by atoms with Crippen molar-refractivity contribution in [2.75, 3.05) is 12.4 Å². The summed E-state index contributed by atoms with van der Waals surface area (Å²) in [5.74, 6) is -0.425. The molecule has 21 heavy (non-hydrogen) atoms. The molecule has 0 spiro atoms. The lowest BCUT2D eigenvalue weighted by molar-refractivity contribution is -0.139. The van der Waals surface area contributed by atoms with Crippen molar-refractivity contribution in [3.63, 3.8) is 0 Å². The van der Waals surface area contributed by atoms with Gasteiger partial charge in [0.05, 0.1) is 12.8 Å². The summed E-state index contributed by atoms with van der Waals surface area (Å²) < 4.78 is 32.6. The number of amidine groups is 1. The van der Waals surface area contributed by atoms with E-state index in [2.05, 4.69) is 14.5 Å². The predicted octanol–water partition coefficient (Wildman–Crippen LogP) is 2.50. The lowest BCUT2D eigenvalue weighted by Gasteiger charge is -2.20. The van der Waals surface area contributed by atoms with Crippen LogP contribution in [0.15, 0.2) is 27.5 Å². The molecule has 0 amide bonds. The number of carbonyl (C=O) groups excluding carboxylic acids is 1. The number of rotatable bonds is 3. The molecule has 0 aliphatic carbocycles. The Kier molecular flexibility index (Phi) is 4.80. The maximum Gasteiger partial charge on any atom is 0.319 e. The van der Waals surface area contributed by atoms with Crippen molar-refractivity contribution in [1.82, 2.24) is 0 Å². The number of nitrogens with one attached hydrogen (secondary N) is 1. The molecule has 1 aromatic carbocycles. The number of halogens is 1. The van der Waals surface area contributed by atoms with Crippen LogP contribution in [0, 0.1) is 0 Å². The summed E-state index contributed by atoms with van der Waals surface area (Å²) in [5.41, 5.74) is 0.386. The van der Waals surface area contributed by atoms with Gasteiger partial charge in [-0.25, -0.2) is 0 Å². The van der Waals surface area contributed by atoms with Crippen LogP contribution in [-0.2, 0) is 19.6 Å². The number of methoxy groups -OCH3 is 1. The van der Waals surface area contributed by atoms with E-state index < -0.39 is 21.2 Å². The third-order valence-electron chi connectivity index (χ3n) is 2.76. The van der Waals surface area contributed by atoms with Gasteiger partial charge in [0.1, 0.15) is 10.1 Å². The van der Waals surface area contributed by atoms with E-state index in [-0.39, 0.29) is 10.1 Å². The molecule has 6 nitrogen and oxygen atoms in total. The zero-order valence-corrected chi connectivity index (χ0v) is 13.7. The van der Waals surface area contributed by atoms with Crippen LogP contribution in [0.25, 0.3) is 0 Å². The standard InChI is InChI=1S/C12H13ClN2O4S2/c1-3-9(11(16)19-2)20-12-14-8-5-4-7(13)6-10(8)21(17,18)15-12/h4-6,9H,3H2,1-2H3,(H,14,15). The second kappa shape index (κ2) is 6.25. The number of hydrogen-bond donors (Lipinski definition) is 1. The van der Waals surface area contributed by atoms with E-state index in [4.69, 9.17) is 11.6 Å². The van der Waals surface area contributed by atoms with Crippen LogP contribution in [0.1, 0.15) is 13.3 Å². The molecule has 1 aliphatic rings. The molecule has 114 valence electrons. The summed E-state index contributed by atoms with van der Waals surface area (Å²) in [6.45, 7) is 1.81. The van der Waals surface area contributed by atoms with E-state index in [1.165, 1.54) is 13.2 Å². The quantitative estimate of drug-likeness (QED) is 0.845. The smallest absolute Gasteiger partial charge is 0.319 e. The molecule has 1 unspecified atom stereocenters. The molecule has 0 radical (unpaired) electrons. The number of nitrogens with zero attached hydrogens (tertiary/aromatic N) is 1. The van der Waals surface area contributed by atoms with Crippen molar-refractivity contribution in [2.45, 2.75) is 23.5 Å². The van der Waals surface area contributed by atoms with Gasteiger partial charge in [-0.2, -0.15) is 8.42 Å². The highest BCUT2D eigenvalue weighted by molar-refractivity contribution is 8.15. The summed E-state index contributed by atoms with van der Waals surface area (Å²) in [6.07, 6.45) is 0.492. The van der Waals surface area contributed by atoms with Gasteiger partial charge in [0, 0.05) is 5.02 Å². The minimum Gasteiger partial charge on any atom is -0.468 e. The first-order valence-electron chi connectivity index (χ1n) is 6.03. The maximum atomic E-state index is 12.1. The van der Waals surface area contributed by atoms with Gasteiger partial charge in [-0.05, 0) is 24.6 Å². The van der Waals surface area contributed by atoms with Crippen molar-refractivity contribution in [1.29, 1.82) is 0 Å². The minimum absolute atomic E-state index is 0.0190. The molecule has 9 heteroatoms. The summed E-state index contributed by atoms with van der Waals surface area (Å²) >= 11 is 6.82. The highest BCUT2D eigenvalue weighted by Crippen LogP contribution is 2.33. The first kappa shape index (κ1) is 16.1. The molecule has 0 aromatic heterocycles. The normalized spacial score (nSPS) is 17.2. The fourth-order valence-corrected chi connectivity index (χ4v) is 4.26. The number of hydrogen-bond acceptors (Lipinski definition) is 6. The number of fused-ring (bicyclic) bond motifs is 1. The Morgan fingerprint density at radius 3 is 2.86 bits per heavy atom. The topological polar surface area (TPSA) is 84.8 Å². The third-order valence-corrected chi connectivity index (χ3v) is 5.65. The van der Waals surface area contributed by atoms with Crippen LogP contribution in [0.2, 0.25) is 5.02 Å². The minimum atomic E-state index is -3.83. The number of ether oxygens (including phenoxy) is 1. The van der Waals surface area contributed by atoms with Gasteiger partial charge in [0.15, 0.2) is 5.17 Å². The lowest BCUT2D eigenvalue weighted by atomic mass is 10.3. The van der Waals surface area contributed by atoms with Gasteiger partial charge in [-0.3, -0.25) is 4.79 Å². The average molecular weight is 349 g/mol. The molecule has 1 aromatic rings. The van der Waals surface area contributed by atoms with E-state index in [0.717, 1.165) is 11.8 Å². The first-order valence-corrected chi connectivity index (χ1v) is 8.73. The molecule has 0 fully saturated rings. The molecule has 1 atom stereocenters. The van der Waals surface area contributed by atoms with E-state index in [0.29, 0.717) is 17.1 Å². The van der Waals surface area contributed by atoms with Gasteiger partial charge in [-0.1, -0.05) is 30.3 Å². The molecular weight excluding hydrogens is 336 g/mol. The van der Waals surface area contributed by atoms with Crippen LogP contribution in [0.5, 0.6) is 0 Å². The van der Waals surface area contributed by atoms with Crippen LogP contribution in [0.4, 0.5) is 5.69 Å². The van der Waals surface area contributed by atoms with Gasteiger partial charge in [-0.15, -0.1) is 4.40 Å². The van der Waals surface area contributed by atoms with Gasteiger partial charge in [0.25, 0.3) is 10.0 Å². The van der Waals surface area contributed by atoms with Crippen LogP contribution in [0.3, 0.4) is 0 Å². The molecule has 0 saturated heterocycles. The van der Waals surface area contributed by atoms with Crippen molar-refractivity contribution < 1.29 is 17.9 Å². The van der Waals surface area contributed by atoms with E-state index >= 15 is 0 Å². The van der Waals surface area contributed by atoms with Crippen molar-refractivity contribution >= 4 is 50.2 Å². The van der Waals surface area contributed by atoms with E-state index in [1.807, 2.05) is 0 Å². The molecule has 0 saturated carbocycles. The summed E-state index contributed by atoms with van der Waals surface area (Å²) in [7, 11) is -2.54. The van der Waals surface area contributed by atoms with Crippen molar-refractivity contribution in [2.24, 2.45) is 4.40 Å². The van der Waals surface area contributed by atoms with Gasteiger partial charge >= 0.3 is 5.97 Å². The molecule has 2 rings (SSSR count). The highest BCUT2D eigenvalue weighted by atomic mass is 35.5. The Labute approximate surface area is 132 Å². The average Bonchev–Trinajstić information content (AvgIpc) is 2.44. The maximum absolute atomic E-state index is 12.1. The Morgan fingerprint density at radius 1 is 1.52 bits per heavy atom. The Bertz CT molecular complexity index is 703. The van der Waals surface area contributed by atoms with Crippen LogP contribution < -0.4 is 5.32 Å². The van der Waals surface area contributed by atoms with Crippen LogP contribution in [-0.4, -0.2) is 31.9 Å². The zero-order valence-electron chi connectivity index (χ0n) is 11.3. The molecular formula is C12H13ClN2O4S2. The SMILES string of the molecule is CCC(SC1=NS(=O)(=O)c2cc(Cl)ccc2N1)C(=O)OC. The first-order chi connectivity index (χ1) is 9.87. The van der Waals surface area contributed by atoms with Gasteiger partial charge < -0.3 is 10.1 Å². The zero-order chi connectivity index (χ0) is 15.6. The molecule has 0 bridgehead atoms. The number of thioether (sulfide) groups is 1. The summed E-state index contributed by atoms with van der Waals surface area (Å²) in [4.78, 5) is 11.6. The predicted molar refractivity (Wildman–Crippen MR) is 83.4 cm³/mol. The number of carbonyl (C=O) groups is 1. The van der Waals surface area contributed by atoms with E-state index in [1.54, 1.807) is 19.1 Å². The number of anilines is 1. The Hall–Kier alpha value is -1.25. The van der Waals surface area contributed by atoms with Crippen molar-refractivity contribution in [3.05, 3.63) is 23.2 Å². The summed E-state index contributed by atoms with van der Waals surface area (Å²) in [6, 6.07) is 4.47. The Morgan fingerprint density at radius 2 is 2.24 bits per heavy atom. The van der Waals surface area contributed by atoms with Crippen molar-refractivity contribution in [3.8, 4) is 0 Å². The second-order valence-corrected chi connectivity index (χ2v) is 7.38. The van der Waals surface area contributed by atoms with E-state index in [9.17, 15) is 13.2 Å². The fraction of sp³-hybridized carbons (Fsp3) is 0.333. The highest BCUT2D eigenvalue weighted by Gasteiger charge is 2.28. The number of sulfonamides is 1. The summed E-state index contributed by atoms with van der Waals surface area (Å²) in [5, 5.41) is 2.82. The second-order valence-electron chi connectivity index (χ2n) is 4.17. The largest absolute Gasteiger partial charge is 0.468 e. The fourth-order valence-electron chi connectivity index (χ4n) is 1.72. The van der Waals surface area contributed by atoms with Gasteiger partial charge in [0.2, 0.25) is 0 Å². The Balaban J connectivity index is 2.32. The number of benzene rings is 1. The number of esters is 1. The molecule has 1 heterocycles. The third kappa shape index (κ3) is 3.50. The molecule has 1 N–H and O–H groups in total.